The molecule has 0 saturated carbocycles. The molecule has 1 aromatic rings. The lowest BCUT2D eigenvalue weighted by Crippen LogP contribution is -3.00. The molecule has 0 fully saturated rings. The fourth-order valence-electron chi connectivity index (χ4n) is 2.86. The van der Waals surface area contributed by atoms with Crippen LogP contribution in [-0.2, 0) is 13.0 Å². The van der Waals surface area contributed by atoms with Gasteiger partial charge in [0.2, 0.25) is 0 Å². The first-order chi connectivity index (χ1) is 10.4. The third kappa shape index (κ3) is 10.2. The first kappa shape index (κ1) is 21.4. The number of hydrogen-bond donors (Lipinski definition) is 1. The van der Waals surface area contributed by atoms with Gasteiger partial charge >= 0.3 is 0 Å². The van der Waals surface area contributed by atoms with E-state index in [1.54, 1.807) is 0 Å². The normalized spacial score (nSPS) is 10.5. The summed E-state index contributed by atoms with van der Waals surface area (Å²) < 4.78 is 2.40. The van der Waals surface area contributed by atoms with E-state index in [2.05, 4.69) is 35.9 Å². The Morgan fingerprint density at radius 2 is 1.36 bits per heavy atom. The van der Waals surface area contributed by atoms with E-state index in [9.17, 15) is 0 Å². The first-order valence-electron chi connectivity index (χ1n) is 8.96. The molecule has 2 nitrogen and oxygen atoms in total. The number of aliphatic hydroxyl groups is 1. The molecule has 22 heavy (non-hydrogen) atoms. The van der Waals surface area contributed by atoms with Gasteiger partial charge in [-0.3, -0.25) is 0 Å². The van der Waals surface area contributed by atoms with Gasteiger partial charge < -0.3 is 17.5 Å². The van der Waals surface area contributed by atoms with Gasteiger partial charge in [0.05, 0.1) is 0 Å². The summed E-state index contributed by atoms with van der Waals surface area (Å²) in [5.41, 5.74) is 1.44. The lowest BCUT2D eigenvalue weighted by molar-refractivity contribution is -0.704. The molecular formula is C19H34ClNO. The molecule has 0 aromatic carbocycles. The van der Waals surface area contributed by atoms with E-state index < -0.39 is 0 Å². The summed E-state index contributed by atoms with van der Waals surface area (Å²) in [5, 5.41) is 8.70. The lowest BCUT2D eigenvalue weighted by Gasteiger charge is -2.03. The van der Waals surface area contributed by atoms with Crippen molar-refractivity contribution in [2.45, 2.75) is 84.1 Å². The van der Waals surface area contributed by atoms with Crippen LogP contribution in [0.15, 0.2) is 24.4 Å². The summed E-state index contributed by atoms with van der Waals surface area (Å²) in [6.07, 6.45) is 16.4. The lowest BCUT2D eigenvalue weighted by atomic mass is 10.1. The van der Waals surface area contributed by atoms with Crippen molar-refractivity contribution in [1.82, 2.24) is 0 Å². The predicted molar refractivity (Wildman–Crippen MR) is 89.3 cm³/mol. The Labute approximate surface area is 143 Å². The van der Waals surface area contributed by atoms with Crippen molar-refractivity contribution in [2.75, 3.05) is 6.61 Å². The average molecular weight is 328 g/mol. The highest BCUT2D eigenvalue weighted by molar-refractivity contribution is 4.96. The third-order valence-corrected chi connectivity index (χ3v) is 4.20. The van der Waals surface area contributed by atoms with E-state index >= 15 is 0 Å². The van der Waals surface area contributed by atoms with E-state index in [1.165, 1.54) is 70.0 Å². The summed E-state index contributed by atoms with van der Waals surface area (Å²) in [7, 11) is 0. The molecule has 0 amide bonds. The summed E-state index contributed by atoms with van der Waals surface area (Å²) in [6.45, 7) is 3.76. The van der Waals surface area contributed by atoms with E-state index in [0.29, 0.717) is 6.61 Å². The Bertz CT molecular complexity index is 357. The van der Waals surface area contributed by atoms with Crippen molar-refractivity contribution in [3.8, 4) is 0 Å². The first-order valence-corrected chi connectivity index (χ1v) is 8.96. The maximum Gasteiger partial charge on any atom is 0.181 e. The zero-order valence-electron chi connectivity index (χ0n) is 14.3. The Kier molecular flexibility index (Phi) is 14.9. The number of pyridine rings is 1. The van der Waals surface area contributed by atoms with Gasteiger partial charge in [-0.1, -0.05) is 57.9 Å². The Morgan fingerprint density at radius 3 is 1.91 bits per heavy atom. The number of aromatic nitrogens is 1. The molecule has 1 N–H and O–H groups in total. The number of aliphatic hydroxyl groups excluding tert-OH is 1. The van der Waals surface area contributed by atoms with Crippen molar-refractivity contribution < 1.29 is 22.1 Å². The van der Waals surface area contributed by atoms with Crippen molar-refractivity contribution in [2.24, 2.45) is 0 Å². The van der Waals surface area contributed by atoms with E-state index in [1.807, 2.05) is 0 Å². The standard InChI is InChI=1S/C19H34NO.ClH/c1-2-19-15-11-13-17-20(19)16-12-9-7-5-3-4-6-8-10-14-18-21;/h11,13,15,17,21H,2-10,12,14,16,18H2,1H3;1H/q+1;/p-1. The van der Waals surface area contributed by atoms with Crippen LogP contribution >= 0.6 is 0 Å². The smallest absolute Gasteiger partial charge is 0.181 e. The zero-order valence-corrected chi connectivity index (χ0v) is 15.0. The topological polar surface area (TPSA) is 24.1 Å². The Hall–Kier alpha value is -0.600. The van der Waals surface area contributed by atoms with Crippen LogP contribution in [0.1, 0.15) is 76.8 Å². The molecule has 0 atom stereocenters. The molecule has 1 aromatic heterocycles. The summed E-state index contributed by atoms with van der Waals surface area (Å²) >= 11 is 0. The van der Waals surface area contributed by atoms with E-state index in [0.717, 1.165) is 12.8 Å². The molecule has 0 aliphatic rings. The van der Waals surface area contributed by atoms with E-state index in [-0.39, 0.29) is 12.4 Å². The second-order valence-corrected chi connectivity index (χ2v) is 6.00. The number of unbranched alkanes of at least 4 members (excludes halogenated alkanes) is 9. The van der Waals surface area contributed by atoms with Crippen LogP contribution in [-0.4, -0.2) is 11.7 Å². The third-order valence-electron chi connectivity index (χ3n) is 4.20. The molecule has 1 heterocycles. The molecule has 0 saturated heterocycles. The summed E-state index contributed by atoms with van der Waals surface area (Å²) in [5.74, 6) is 0. The number of rotatable bonds is 13. The predicted octanol–water partition coefficient (Wildman–Crippen LogP) is 1.43. The number of hydrogen-bond acceptors (Lipinski definition) is 1. The van der Waals surface area contributed by atoms with Crippen LogP contribution in [0.3, 0.4) is 0 Å². The highest BCUT2D eigenvalue weighted by Crippen LogP contribution is 2.10. The maximum atomic E-state index is 8.70. The van der Waals surface area contributed by atoms with Gasteiger partial charge in [0, 0.05) is 31.6 Å². The van der Waals surface area contributed by atoms with Crippen LogP contribution in [0.2, 0.25) is 0 Å². The molecule has 1 rings (SSSR count). The summed E-state index contributed by atoms with van der Waals surface area (Å²) in [4.78, 5) is 0. The maximum absolute atomic E-state index is 8.70. The average Bonchev–Trinajstić information content (AvgIpc) is 2.53. The van der Waals surface area contributed by atoms with Crippen molar-refractivity contribution in [3.63, 3.8) is 0 Å². The van der Waals surface area contributed by atoms with Crippen LogP contribution in [0.25, 0.3) is 0 Å². The molecule has 128 valence electrons. The van der Waals surface area contributed by atoms with Gasteiger partial charge in [-0.15, -0.1) is 0 Å². The van der Waals surface area contributed by atoms with Gasteiger partial charge in [-0.25, -0.2) is 4.57 Å². The molecule has 0 unspecified atom stereocenters. The zero-order chi connectivity index (χ0) is 15.2. The number of nitrogens with zero attached hydrogens (tertiary/aromatic N) is 1. The van der Waals surface area contributed by atoms with Gasteiger partial charge in [-0.2, -0.15) is 0 Å². The molecule has 0 radical (unpaired) electrons. The van der Waals surface area contributed by atoms with Crippen molar-refractivity contribution >= 4 is 0 Å². The molecule has 0 aliphatic carbocycles. The van der Waals surface area contributed by atoms with Gasteiger partial charge in [0.25, 0.3) is 0 Å². The monoisotopic (exact) mass is 327 g/mol. The van der Waals surface area contributed by atoms with Crippen LogP contribution in [0, 0.1) is 0 Å². The number of aryl methyl sites for hydroxylation is 2. The van der Waals surface area contributed by atoms with Gasteiger partial charge in [-0.05, 0) is 12.8 Å². The molecule has 0 bridgehead atoms. The highest BCUT2D eigenvalue weighted by Gasteiger charge is 2.05. The van der Waals surface area contributed by atoms with Gasteiger partial charge in [0.15, 0.2) is 11.9 Å². The molecule has 0 aliphatic heterocycles. The Balaban J connectivity index is 0.00000441. The second-order valence-electron chi connectivity index (χ2n) is 6.00. The number of halogens is 1. The SMILES string of the molecule is CCc1cccc[n+]1CCCCCCCCCCCCO.[Cl-]. The van der Waals surface area contributed by atoms with Gasteiger partial charge in [0.1, 0.15) is 6.54 Å². The molecule has 0 spiro atoms. The highest BCUT2D eigenvalue weighted by atomic mass is 35.5. The van der Waals surface area contributed by atoms with Crippen molar-refractivity contribution in [1.29, 1.82) is 0 Å². The van der Waals surface area contributed by atoms with E-state index in [4.69, 9.17) is 5.11 Å². The van der Waals surface area contributed by atoms with Crippen LogP contribution < -0.4 is 17.0 Å². The Morgan fingerprint density at radius 1 is 0.818 bits per heavy atom. The second kappa shape index (κ2) is 15.3. The van der Waals surface area contributed by atoms with Crippen LogP contribution in [0.4, 0.5) is 0 Å². The molecular weight excluding hydrogens is 294 g/mol. The largest absolute Gasteiger partial charge is 1.00 e. The minimum Gasteiger partial charge on any atom is -1.00 e. The minimum absolute atomic E-state index is 0. The summed E-state index contributed by atoms with van der Waals surface area (Å²) in [6, 6.07) is 6.50. The fraction of sp³-hybridized carbons (Fsp3) is 0.737. The molecule has 3 heteroatoms. The van der Waals surface area contributed by atoms with Crippen LogP contribution in [0.5, 0.6) is 0 Å². The van der Waals surface area contributed by atoms with Crippen molar-refractivity contribution in [3.05, 3.63) is 30.1 Å². The fourth-order valence-corrected chi connectivity index (χ4v) is 2.86. The quantitative estimate of drug-likeness (QED) is 0.430. The minimum atomic E-state index is 0.